The van der Waals surface area contributed by atoms with Gasteiger partial charge in [0.05, 0.1) is 22.7 Å². The summed E-state index contributed by atoms with van der Waals surface area (Å²) in [5.41, 5.74) is 4.11. The molecular weight excluding hydrogens is 265 g/mol. The minimum Gasteiger partial charge on any atom is -0.324 e. The van der Waals surface area contributed by atoms with Crippen molar-refractivity contribution in [2.45, 2.75) is 20.4 Å². The smallest absolute Gasteiger partial charge is 0.141 e. The number of rotatable bonds is 2. The number of fused-ring (bicyclic) bond motifs is 1. The van der Waals surface area contributed by atoms with E-state index in [2.05, 4.69) is 15.6 Å². The standard InChI is InChI=1S/C17H14FN3/c1-3-21-16-7-4-12(10-19)9-15(16)20-17(21)14-6-5-13(18)8-11(14)2/h4-9H,3H2,1-2H3. The van der Waals surface area contributed by atoms with E-state index in [0.29, 0.717) is 5.56 Å². The quantitative estimate of drug-likeness (QED) is 0.710. The third-order valence-electron chi connectivity index (χ3n) is 3.62. The largest absolute Gasteiger partial charge is 0.324 e. The van der Waals surface area contributed by atoms with Gasteiger partial charge < -0.3 is 4.57 Å². The zero-order chi connectivity index (χ0) is 15.0. The first-order valence-corrected chi connectivity index (χ1v) is 6.81. The Hall–Kier alpha value is -2.67. The van der Waals surface area contributed by atoms with Crippen molar-refractivity contribution in [1.82, 2.24) is 9.55 Å². The van der Waals surface area contributed by atoms with Gasteiger partial charge in [-0.05, 0) is 55.8 Å². The summed E-state index contributed by atoms with van der Waals surface area (Å²) in [5.74, 6) is 0.558. The van der Waals surface area contributed by atoms with Gasteiger partial charge in [-0.3, -0.25) is 0 Å². The second kappa shape index (κ2) is 5.02. The van der Waals surface area contributed by atoms with Crippen molar-refractivity contribution in [3.8, 4) is 17.5 Å². The van der Waals surface area contributed by atoms with E-state index in [0.717, 1.165) is 34.5 Å². The molecule has 0 atom stereocenters. The molecule has 0 unspecified atom stereocenters. The lowest BCUT2D eigenvalue weighted by Gasteiger charge is -2.08. The van der Waals surface area contributed by atoms with E-state index in [-0.39, 0.29) is 5.82 Å². The maximum Gasteiger partial charge on any atom is 0.141 e. The van der Waals surface area contributed by atoms with Crippen LogP contribution in [0.15, 0.2) is 36.4 Å². The van der Waals surface area contributed by atoms with Gasteiger partial charge in [-0.25, -0.2) is 9.37 Å². The van der Waals surface area contributed by atoms with Crippen molar-refractivity contribution in [3.63, 3.8) is 0 Å². The SMILES string of the molecule is CCn1c(-c2ccc(F)cc2C)nc2cc(C#N)ccc21. The van der Waals surface area contributed by atoms with E-state index in [1.807, 2.05) is 19.9 Å². The van der Waals surface area contributed by atoms with E-state index < -0.39 is 0 Å². The van der Waals surface area contributed by atoms with E-state index in [9.17, 15) is 4.39 Å². The normalized spacial score (nSPS) is 10.8. The molecule has 0 aliphatic heterocycles. The molecule has 0 bridgehead atoms. The van der Waals surface area contributed by atoms with Crippen molar-refractivity contribution in [3.05, 3.63) is 53.3 Å². The predicted octanol–water partition coefficient (Wildman–Crippen LogP) is 4.04. The van der Waals surface area contributed by atoms with Gasteiger partial charge in [0.15, 0.2) is 0 Å². The summed E-state index contributed by atoms with van der Waals surface area (Å²) in [7, 11) is 0. The van der Waals surface area contributed by atoms with Crippen LogP contribution in [0, 0.1) is 24.1 Å². The van der Waals surface area contributed by atoms with Gasteiger partial charge in [0.25, 0.3) is 0 Å². The third kappa shape index (κ3) is 2.17. The number of aryl methyl sites for hydroxylation is 2. The lowest BCUT2D eigenvalue weighted by atomic mass is 10.1. The molecule has 1 aromatic heterocycles. The molecule has 0 fully saturated rings. The van der Waals surface area contributed by atoms with Crippen LogP contribution in [0.5, 0.6) is 0 Å². The monoisotopic (exact) mass is 279 g/mol. The summed E-state index contributed by atoms with van der Waals surface area (Å²) in [5, 5.41) is 9.00. The Balaban J connectivity index is 2.29. The molecule has 3 aromatic rings. The maximum atomic E-state index is 13.3. The first-order chi connectivity index (χ1) is 10.1. The number of imidazole rings is 1. The highest BCUT2D eigenvalue weighted by Gasteiger charge is 2.14. The zero-order valence-corrected chi connectivity index (χ0v) is 11.9. The fraction of sp³-hybridized carbons (Fsp3) is 0.176. The van der Waals surface area contributed by atoms with Crippen LogP contribution in [0.2, 0.25) is 0 Å². The molecule has 104 valence electrons. The van der Waals surface area contributed by atoms with Gasteiger partial charge in [-0.2, -0.15) is 5.26 Å². The van der Waals surface area contributed by atoms with Crippen LogP contribution in [0.1, 0.15) is 18.1 Å². The van der Waals surface area contributed by atoms with Gasteiger partial charge in [-0.1, -0.05) is 0 Å². The van der Waals surface area contributed by atoms with Gasteiger partial charge in [0, 0.05) is 12.1 Å². The molecule has 0 saturated heterocycles. The molecule has 0 amide bonds. The van der Waals surface area contributed by atoms with Crippen molar-refractivity contribution < 1.29 is 4.39 Å². The van der Waals surface area contributed by atoms with Gasteiger partial charge in [0.1, 0.15) is 11.6 Å². The van der Waals surface area contributed by atoms with Gasteiger partial charge in [-0.15, -0.1) is 0 Å². The molecule has 0 saturated carbocycles. The van der Waals surface area contributed by atoms with Crippen LogP contribution in [0.25, 0.3) is 22.4 Å². The first-order valence-electron chi connectivity index (χ1n) is 6.81. The average Bonchev–Trinajstić information content (AvgIpc) is 2.84. The number of hydrogen-bond donors (Lipinski definition) is 0. The first kappa shape index (κ1) is 13.3. The lowest BCUT2D eigenvalue weighted by Crippen LogP contribution is -1.99. The number of halogens is 1. The summed E-state index contributed by atoms with van der Waals surface area (Å²) >= 11 is 0. The van der Waals surface area contributed by atoms with Crippen LogP contribution in [0.3, 0.4) is 0 Å². The highest BCUT2D eigenvalue weighted by atomic mass is 19.1. The van der Waals surface area contributed by atoms with E-state index in [4.69, 9.17) is 5.26 Å². The summed E-state index contributed by atoms with van der Waals surface area (Å²) in [4.78, 5) is 4.64. The van der Waals surface area contributed by atoms with Crippen LogP contribution < -0.4 is 0 Å². The molecule has 0 aliphatic carbocycles. The molecule has 1 heterocycles. The van der Waals surface area contributed by atoms with Crippen LogP contribution in [-0.2, 0) is 6.54 Å². The van der Waals surface area contributed by atoms with E-state index in [1.54, 1.807) is 18.2 Å². The second-order valence-corrected chi connectivity index (χ2v) is 4.95. The minimum absolute atomic E-state index is 0.248. The average molecular weight is 279 g/mol. The Morgan fingerprint density at radius 3 is 2.71 bits per heavy atom. The molecule has 21 heavy (non-hydrogen) atoms. The number of aromatic nitrogens is 2. The molecule has 0 aliphatic rings. The zero-order valence-electron chi connectivity index (χ0n) is 11.9. The fourth-order valence-corrected chi connectivity index (χ4v) is 2.60. The predicted molar refractivity (Wildman–Crippen MR) is 80.3 cm³/mol. The van der Waals surface area contributed by atoms with E-state index in [1.165, 1.54) is 12.1 Å². The summed E-state index contributed by atoms with van der Waals surface area (Å²) in [6, 6.07) is 12.3. The van der Waals surface area contributed by atoms with Crippen LogP contribution in [0.4, 0.5) is 4.39 Å². The molecular formula is C17H14FN3. The van der Waals surface area contributed by atoms with Gasteiger partial charge >= 0.3 is 0 Å². The molecule has 3 rings (SSSR count). The number of nitrogens with zero attached hydrogens (tertiary/aromatic N) is 3. The fourth-order valence-electron chi connectivity index (χ4n) is 2.60. The summed E-state index contributed by atoms with van der Waals surface area (Å²) < 4.78 is 15.4. The summed E-state index contributed by atoms with van der Waals surface area (Å²) in [6.45, 7) is 4.68. The Bertz CT molecular complexity index is 872. The van der Waals surface area contributed by atoms with E-state index >= 15 is 0 Å². The van der Waals surface area contributed by atoms with Crippen molar-refractivity contribution in [1.29, 1.82) is 5.26 Å². The van der Waals surface area contributed by atoms with Gasteiger partial charge in [0.2, 0.25) is 0 Å². The van der Waals surface area contributed by atoms with Crippen LogP contribution in [-0.4, -0.2) is 9.55 Å². The topological polar surface area (TPSA) is 41.6 Å². The third-order valence-corrected chi connectivity index (χ3v) is 3.62. The molecule has 0 N–H and O–H groups in total. The Kier molecular flexibility index (Phi) is 3.19. The molecule has 3 nitrogen and oxygen atoms in total. The van der Waals surface area contributed by atoms with Crippen LogP contribution >= 0.6 is 0 Å². The molecule has 0 spiro atoms. The lowest BCUT2D eigenvalue weighted by molar-refractivity contribution is 0.626. The van der Waals surface area contributed by atoms with Crippen molar-refractivity contribution in [2.75, 3.05) is 0 Å². The maximum absolute atomic E-state index is 13.3. The molecule has 0 radical (unpaired) electrons. The number of benzene rings is 2. The Morgan fingerprint density at radius 1 is 1.24 bits per heavy atom. The second-order valence-electron chi connectivity index (χ2n) is 4.95. The highest BCUT2D eigenvalue weighted by molar-refractivity contribution is 5.82. The van der Waals surface area contributed by atoms with Crippen molar-refractivity contribution in [2.24, 2.45) is 0 Å². The Morgan fingerprint density at radius 2 is 2.05 bits per heavy atom. The number of nitriles is 1. The number of hydrogen-bond acceptors (Lipinski definition) is 2. The Labute approximate surface area is 122 Å². The van der Waals surface area contributed by atoms with Crippen molar-refractivity contribution >= 4 is 11.0 Å². The minimum atomic E-state index is -0.248. The summed E-state index contributed by atoms with van der Waals surface area (Å²) in [6.07, 6.45) is 0. The molecule has 2 aromatic carbocycles. The highest BCUT2D eigenvalue weighted by Crippen LogP contribution is 2.28. The molecule has 4 heteroatoms.